The molecule has 6 heteroatoms. The van der Waals surface area contributed by atoms with Crippen LogP contribution < -0.4 is 5.73 Å². The van der Waals surface area contributed by atoms with Crippen molar-refractivity contribution in [3.8, 4) is 0 Å². The van der Waals surface area contributed by atoms with Crippen molar-refractivity contribution in [3.05, 3.63) is 71.3 Å². The van der Waals surface area contributed by atoms with E-state index in [9.17, 15) is 4.79 Å². The third-order valence-corrected chi connectivity index (χ3v) is 5.49. The average Bonchev–Trinajstić information content (AvgIpc) is 3.13. The Balaban J connectivity index is 0.00000210. The van der Waals surface area contributed by atoms with E-state index in [-0.39, 0.29) is 30.7 Å². The molecule has 160 valence electrons. The van der Waals surface area contributed by atoms with E-state index in [0.717, 1.165) is 38.2 Å². The molecule has 0 bridgehead atoms. The molecule has 1 fully saturated rings. The summed E-state index contributed by atoms with van der Waals surface area (Å²) in [6.45, 7) is 8.69. The first-order chi connectivity index (χ1) is 13.1. The van der Waals surface area contributed by atoms with Crippen molar-refractivity contribution in [2.75, 3.05) is 26.2 Å². The zero-order chi connectivity index (χ0) is 19.2. The van der Waals surface area contributed by atoms with Gasteiger partial charge < -0.3 is 10.6 Å². The minimum absolute atomic E-state index is 0. The fourth-order valence-electron chi connectivity index (χ4n) is 3.85. The highest BCUT2D eigenvalue weighted by Crippen LogP contribution is 2.21. The number of amides is 1. The van der Waals surface area contributed by atoms with Crippen LogP contribution in [0.4, 0.5) is 0 Å². The van der Waals surface area contributed by atoms with Crippen LogP contribution in [0, 0.1) is 12.8 Å². The lowest BCUT2D eigenvalue weighted by molar-refractivity contribution is -0.133. The number of nitrogens with two attached hydrogens (primary N) is 1. The molecule has 0 spiro atoms. The first kappa shape index (κ1) is 25.4. The monoisotopic (exact) mass is 437 g/mol. The van der Waals surface area contributed by atoms with Crippen molar-refractivity contribution in [1.29, 1.82) is 0 Å². The maximum atomic E-state index is 12.9. The minimum atomic E-state index is -0.577. The van der Waals surface area contributed by atoms with Crippen molar-refractivity contribution in [1.82, 2.24) is 9.80 Å². The number of aryl methyl sites for hydroxylation is 1. The lowest BCUT2D eigenvalue weighted by Crippen LogP contribution is -2.41. The maximum absolute atomic E-state index is 12.9. The minimum Gasteiger partial charge on any atom is -0.341 e. The Bertz CT molecular complexity index is 740. The summed E-state index contributed by atoms with van der Waals surface area (Å²) in [4.78, 5) is 17.3. The van der Waals surface area contributed by atoms with Crippen LogP contribution >= 0.6 is 24.8 Å². The van der Waals surface area contributed by atoms with Gasteiger partial charge in [-0.25, -0.2) is 0 Å². The smallest absolute Gasteiger partial charge is 0.244 e. The van der Waals surface area contributed by atoms with Gasteiger partial charge in [-0.1, -0.05) is 60.2 Å². The molecule has 0 radical (unpaired) electrons. The zero-order valence-electron chi connectivity index (χ0n) is 17.3. The highest BCUT2D eigenvalue weighted by molar-refractivity contribution is 5.85. The third-order valence-electron chi connectivity index (χ3n) is 5.49. The lowest BCUT2D eigenvalue weighted by Gasteiger charge is -2.27. The molecule has 2 atom stereocenters. The molecule has 2 unspecified atom stereocenters. The molecular weight excluding hydrogens is 405 g/mol. The quantitative estimate of drug-likeness (QED) is 0.705. The molecule has 4 nitrogen and oxygen atoms in total. The molecule has 1 heterocycles. The van der Waals surface area contributed by atoms with Gasteiger partial charge in [0.05, 0.1) is 0 Å². The highest BCUT2D eigenvalue weighted by Gasteiger charge is 2.28. The molecule has 2 aromatic rings. The van der Waals surface area contributed by atoms with Gasteiger partial charge in [-0.3, -0.25) is 9.69 Å². The van der Waals surface area contributed by atoms with Crippen molar-refractivity contribution < 1.29 is 4.79 Å². The normalized spacial score (nSPS) is 17.1. The van der Waals surface area contributed by atoms with Gasteiger partial charge in [0.1, 0.15) is 6.04 Å². The first-order valence-electron chi connectivity index (χ1n) is 9.94. The number of benzene rings is 2. The molecule has 0 saturated carbocycles. The molecule has 1 saturated heterocycles. The number of likely N-dealkylation sites (N-methyl/N-ethyl adjacent to an activating group) is 1. The summed E-state index contributed by atoms with van der Waals surface area (Å²) >= 11 is 0. The molecule has 1 aliphatic heterocycles. The molecular formula is C23H33Cl2N3O. The van der Waals surface area contributed by atoms with Crippen LogP contribution in [0.2, 0.25) is 0 Å². The third kappa shape index (κ3) is 7.00. The number of halogens is 2. The molecule has 1 aliphatic rings. The average molecular weight is 438 g/mol. The topological polar surface area (TPSA) is 49.6 Å². The summed E-state index contributed by atoms with van der Waals surface area (Å²) < 4.78 is 0. The van der Waals surface area contributed by atoms with Crippen LogP contribution in [0.3, 0.4) is 0 Å². The molecule has 3 rings (SSSR count). The number of nitrogens with zero attached hydrogens (tertiary/aromatic N) is 2. The molecule has 2 N–H and O–H groups in total. The summed E-state index contributed by atoms with van der Waals surface area (Å²) in [5, 5.41) is 0. The highest BCUT2D eigenvalue weighted by atomic mass is 35.5. The Morgan fingerprint density at radius 2 is 1.79 bits per heavy atom. The predicted octanol–water partition coefficient (Wildman–Crippen LogP) is 4.21. The molecule has 0 aliphatic carbocycles. The van der Waals surface area contributed by atoms with Crippen LogP contribution in [-0.4, -0.2) is 41.9 Å². The largest absolute Gasteiger partial charge is 0.341 e. The summed E-state index contributed by atoms with van der Waals surface area (Å²) in [6.07, 6.45) is 1.14. The van der Waals surface area contributed by atoms with Crippen molar-refractivity contribution >= 4 is 30.7 Å². The van der Waals surface area contributed by atoms with Gasteiger partial charge in [0.2, 0.25) is 5.91 Å². The summed E-state index contributed by atoms with van der Waals surface area (Å²) in [5.74, 6) is 0.547. The van der Waals surface area contributed by atoms with E-state index in [2.05, 4.69) is 35.2 Å². The van der Waals surface area contributed by atoms with E-state index in [4.69, 9.17) is 5.73 Å². The summed E-state index contributed by atoms with van der Waals surface area (Å²) in [7, 11) is 0. The molecule has 0 aromatic heterocycles. The van der Waals surface area contributed by atoms with Crippen molar-refractivity contribution in [3.63, 3.8) is 0 Å². The number of hydrogen-bond acceptors (Lipinski definition) is 3. The van der Waals surface area contributed by atoms with Crippen LogP contribution in [0.25, 0.3) is 0 Å². The fraction of sp³-hybridized carbons (Fsp3) is 0.435. The van der Waals surface area contributed by atoms with E-state index in [1.54, 1.807) is 0 Å². The molecule has 2 aromatic carbocycles. The number of likely N-dealkylation sites (tertiary alicyclic amines) is 1. The van der Waals surface area contributed by atoms with Crippen LogP contribution in [0.1, 0.15) is 36.1 Å². The van der Waals surface area contributed by atoms with E-state index in [0.29, 0.717) is 12.5 Å². The van der Waals surface area contributed by atoms with E-state index < -0.39 is 6.04 Å². The van der Waals surface area contributed by atoms with Crippen molar-refractivity contribution in [2.24, 2.45) is 11.7 Å². The van der Waals surface area contributed by atoms with Gasteiger partial charge >= 0.3 is 0 Å². The Hall–Kier alpha value is -1.59. The summed E-state index contributed by atoms with van der Waals surface area (Å²) in [6, 6.07) is 18.0. The Morgan fingerprint density at radius 1 is 1.14 bits per heavy atom. The first-order valence-corrected chi connectivity index (χ1v) is 9.94. The van der Waals surface area contributed by atoms with Gasteiger partial charge in [-0.2, -0.15) is 0 Å². The molecule has 1 amide bonds. The van der Waals surface area contributed by atoms with Crippen LogP contribution in [-0.2, 0) is 11.3 Å². The summed E-state index contributed by atoms with van der Waals surface area (Å²) in [5.41, 5.74) is 9.68. The molecule has 29 heavy (non-hydrogen) atoms. The second-order valence-electron chi connectivity index (χ2n) is 7.64. The number of carbonyl (C=O) groups is 1. The van der Waals surface area contributed by atoms with E-state index in [1.165, 1.54) is 11.1 Å². The predicted molar refractivity (Wildman–Crippen MR) is 125 cm³/mol. The number of rotatable bonds is 7. The van der Waals surface area contributed by atoms with Crippen molar-refractivity contribution in [2.45, 2.75) is 32.9 Å². The van der Waals surface area contributed by atoms with Gasteiger partial charge in [-0.15, -0.1) is 24.8 Å². The number of hydrogen-bond donors (Lipinski definition) is 1. The van der Waals surface area contributed by atoms with Gasteiger partial charge in [0, 0.05) is 26.2 Å². The van der Waals surface area contributed by atoms with Gasteiger partial charge in [-0.05, 0) is 43.9 Å². The SMILES string of the molecule is CCN(CC1CCN(Cc2ccccc2)C1)C(=O)C(N)c1ccc(C)cc1.Cl.Cl. The Morgan fingerprint density at radius 3 is 2.41 bits per heavy atom. The Kier molecular flexibility index (Phi) is 10.7. The van der Waals surface area contributed by atoms with Gasteiger partial charge in [0.25, 0.3) is 0 Å². The van der Waals surface area contributed by atoms with Gasteiger partial charge in [0.15, 0.2) is 0 Å². The Labute approximate surface area is 187 Å². The fourth-order valence-corrected chi connectivity index (χ4v) is 3.85. The lowest BCUT2D eigenvalue weighted by atomic mass is 10.0. The number of carbonyl (C=O) groups excluding carboxylic acids is 1. The van der Waals surface area contributed by atoms with E-state index in [1.807, 2.05) is 43.0 Å². The zero-order valence-corrected chi connectivity index (χ0v) is 18.9. The standard InChI is InChI=1S/C23H31N3O.2ClH/c1-3-26(23(27)22(24)21-11-9-18(2)10-12-21)17-20-13-14-25(16-20)15-19-7-5-4-6-8-19;;/h4-12,20,22H,3,13-17,24H2,1-2H3;2*1H. The van der Waals surface area contributed by atoms with E-state index >= 15 is 0 Å². The van der Waals surface area contributed by atoms with Crippen LogP contribution in [0.5, 0.6) is 0 Å². The maximum Gasteiger partial charge on any atom is 0.244 e. The van der Waals surface area contributed by atoms with Crippen LogP contribution in [0.15, 0.2) is 54.6 Å². The second-order valence-corrected chi connectivity index (χ2v) is 7.64. The second kappa shape index (κ2) is 12.2.